The number of nitrogens with zero attached hydrogens (tertiary/aromatic N) is 1. The third kappa shape index (κ3) is 2.94. The summed E-state index contributed by atoms with van der Waals surface area (Å²) in [4.78, 5) is 4.68. The molecule has 0 saturated carbocycles. The minimum absolute atomic E-state index is 0.0965. The predicted molar refractivity (Wildman–Crippen MR) is 70.1 cm³/mol. The SMILES string of the molecule is COC1C=C(C(C)(C)C)C=NC1C(C)(C)C. The molecule has 0 N–H and O–H groups in total. The van der Waals surface area contributed by atoms with Gasteiger partial charge in [0.2, 0.25) is 0 Å². The molecule has 1 aliphatic rings. The van der Waals surface area contributed by atoms with Gasteiger partial charge in [0.15, 0.2) is 0 Å². The molecule has 0 aromatic carbocycles. The molecule has 1 heterocycles. The van der Waals surface area contributed by atoms with Crippen molar-refractivity contribution >= 4 is 6.21 Å². The molecular weight excluding hydrogens is 198 g/mol. The molecular formula is C14H25NO. The molecule has 0 radical (unpaired) electrons. The first kappa shape index (κ1) is 13.4. The van der Waals surface area contributed by atoms with Crippen molar-refractivity contribution < 1.29 is 4.74 Å². The first-order valence-corrected chi connectivity index (χ1v) is 5.94. The summed E-state index contributed by atoms with van der Waals surface area (Å²) in [5.41, 5.74) is 1.54. The molecule has 2 atom stereocenters. The molecule has 1 rings (SSSR count). The summed E-state index contributed by atoms with van der Waals surface area (Å²) < 4.78 is 5.57. The average molecular weight is 223 g/mol. The van der Waals surface area contributed by atoms with Crippen molar-refractivity contribution in [3.8, 4) is 0 Å². The molecule has 92 valence electrons. The monoisotopic (exact) mass is 223 g/mol. The Morgan fingerprint density at radius 3 is 2.06 bits per heavy atom. The van der Waals surface area contributed by atoms with Crippen LogP contribution < -0.4 is 0 Å². The van der Waals surface area contributed by atoms with Crippen LogP contribution in [0, 0.1) is 10.8 Å². The summed E-state index contributed by atoms with van der Waals surface area (Å²) in [6.45, 7) is 13.2. The molecule has 0 spiro atoms. The van der Waals surface area contributed by atoms with Gasteiger partial charge >= 0.3 is 0 Å². The van der Waals surface area contributed by atoms with E-state index in [-0.39, 0.29) is 23.0 Å². The van der Waals surface area contributed by atoms with Crippen LogP contribution in [0.1, 0.15) is 41.5 Å². The van der Waals surface area contributed by atoms with Crippen LogP contribution >= 0.6 is 0 Å². The lowest BCUT2D eigenvalue weighted by atomic mass is 9.78. The Morgan fingerprint density at radius 1 is 1.12 bits per heavy atom. The van der Waals surface area contributed by atoms with Gasteiger partial charge in [-0.1, -0.05) is 41.5 Å². The molecule has 2 unspecified atom stereocenters. The van der Waals surface area contributed by atoms with E-state index in [2.05, 4.69) is 52.6 Å². The van der Waals surface area contributed by atoms with Crippen LogP contribution in [0.5, 0.6) is 0 Å². The average Bonchev–Trinajstić information content (AvgIpc) is 2.14. The van der Waals surface area contributed by atoms with Gasteiger partial charge in [0, 0.05) is 13.3 Å². The van der Waals surface area contributed by atoms with Crippen molar-refractivity contribution in [3.05, 3.63) is 11.6 Å². The van der Waals surface area contributed by atoms with E-state index in [9.17, 15) is 0 Å². The minimum atomic E-state index is 0.0965. The first-order valence-electron chi connectivity index (χ1n) is 5.94. The Bertz CT molecular complexity index is 302. The number of aliphatic imine (C=N–C) groups is 1. The van der Waals surface area contributed by atoms with E-state index < -0.39 is 0 Å². The largest absolute Gasteiger partial charge is 0.375 e. The predicted octanol–water partition coefficient (Wildman–Crippen LogP) is 3.47. The second-order valence-corrected chi connectivity index (χ2v) is 6.66. The quantitative estimate of drug-likeness (QED) is 0.667. The maximum Gasteiger partial charge on any atom is 0.0986 e. The third-order valence-electron chi connectivity index (χ3n) is 3.05. The van der Waals surface area contributed by atoms with Gasteiger partial charge in [0.25, 0.3) is 0 Å². The van der Waals surface area contributed by atoms with Crippen LogP contribution in [0.4, 0.5) is 0 Å². The van der Waals surface area contributed by atoms with Crippen LogP contribution in [-0.2, 0) is 4.74 Å². The van der Waals surface area contributed by atoms with Crippen LogP contribution in [0.3, 0.4) is 0 Å². The second-order valence-electron chi connectivity index (χ2n) is 6.66. The summed E-state index contributed by atoms with van der Waals surface area (Å²) >= 11 is 0. The van der Waals surface area contributed by atoms with Gasteiger partial charge in [-0.05, 0) is 22.5 Å². The minimum Gasteiger partial charge on any atom is -0.375 e. The van der Waals surface area contributed by atoms with E-state index in [1.165, 1.54) is 5.57 Å². The third-order valence-corrected chi connectivity index (χ3v) is 3.05. The number of rotatable bonds is 1. The zero-order chi connectivity index (χ0) is 12.6. The first-order chi connectivity index (χ1) is 7.16. The van der Waals surface area contributed by atoms with Gasteiger partial charge in [-0.3, -0.25) is 4.99 Å². The Morgan fingerprint density at radius 2 is 1.69 bits per heavy atom. The van der Waals surface area contributed by atoms with Crippen molar-refractivity contribution in [2.75, 3.05) is 7.11 Å². The van der Waals surface area contributed by atoms with Gasteiger partial charge in [-0.2, -0.15) is 0 Å². The van der Waals surface area contributed by atoms with Gasteiger partial charge in [-0.25, -0.2) is 0 Å². The molecule has 2 nitrogen and oxygen atoms in total. The highest BCUT2D eigenvalue weighted by Crippen LogP contribution is 2.33. The normalized spacial score (nSPS) is 26.8. The molecule has 16 heavy (non-hydrogen) atoms. The van der Waals surface area contributed by atoms with E-state index in [0.717, 1.165) is 0 Å². The van der Waals surface area contributed by atoms with Crippen molar-refractivity contribution in [1.29, 1.82) is 0 Å². The lowest BCUT2D eigenvalue weighted by Crippen LogP contribution is -2.39. The molecule has 0 aliphatic carbocycles. The Balaban J connectivity index is 2.97. The Kier molecular flexibility index (Phi) is 3.63. The van der Waals surface area contributed by atoms with Gasteiger partial charge < -0.3 is 4.74 Å². The Hall–Kier alpha value is -0.630. The molecule has 0 saturated heterocycles. The van der Waals surface area contributed by atoms with Crippen molar-refractivity contribution in [2.45, 2.75) is 53.7 Å². The molecule has 0 amide bonds. The van der Waals surface area contributed by atoms with Crippen molar-refractivity contribution in [1.82, 2.24) is 0 Å². The summed E-state index contributed by atoms with van der Waals surface area (Å²) in [7, 11) is 1.76. The van der Waals surface area contributed by atoms with E-state index in [1.54, 1.807) is 7.11 Å². The van der Waals surface area contributed by atoms with E-state index in [0.29, 0.717) is 0 Å². The van der Waals surface area contributed by atoms with Gasteiger partial charge in [0.1, 0.15) is 0 Å². The summed E-state index contributed by atoms with van der Waals surface area (Å²) in [5.74, 6) is 0. The van der Waals surface area contributed by atoms with Crippen molar-refractivity contribution in [3.63, 3.8) is 0 Å². The number of methoxy groups -OCH3 is 1. The molecule has 1 aliphatic heterocycles. The standard InChI is InChI=1S/C14H25NO/c1-13(2,3)10-8-11(16-7)12(15-9-10)14(4,5)6/h8-9,11-12H,1-7H3. The van der Waals surface area contributed by atoms with Crippen LogP contribution in [-0.4, -0.2) is 25.5 Å². The van der Waals surface area contributed by atoms with Crippen LogP contribution in [0.2, 0.25) is 0 Å². The molecule has 2 heteroatoms. The number of hydrogen-bond donors (Lipinski definition) is 0. The summed E-state index contributed by atoms with van der Waals surface area (Å²) in [5, 5.41) is 0. The molecule has 0 bridgehead atoms. The zero-order valence-corrected chi connectivity index (χ0v) is 11.7. The molecule has 0 fully saturated rings. The smallest absolute Gasteiger partial charge is 0.0986 e. The summed E-state index contributed by atoms with van der Waals surface area (Å²) in [6.07, 6.45) is 4.34. The zero-order valence-electron chi connectivity index (χ0n) is 11.7. The number of dihydropyridines is 1. The van der Waals surface area contributed by atoms with E-state index in [4.69, 9.17) is 4.74 Å². The maximum atomic E-state index is 5.57. The number of hydrogen-bond acceptors (Lipinski definition) is 2. The molecule has 0 aromatic rings. The number of allylic oxidation sites excluding steroid dienone is 1. The van der Waals surface area contributed by atoms with E-state index in [1.807, 2.05) is 6.21 Å². The van der Waals surface area contributed by atoms with E-state index >= 15 is 0 Å². The van der Waals surface area contributed by atoms with Gasteiger partial charge in [-0.15, -0.1) is 0 Å². The molecule has 0 aromatic heterocycles. The maximum absolute atomic E-state index is 5.57. The fourth-order valence-electron chi connectivity index (χ4n) is 1.91. The van der Waals surface area contributed by atoms with Crippen molar-refractivity contribution in [2.24, 2.45) is 15.8 Å². The lowest BCUT2D eigenvalue weighted by molar-refractivity contribution is 0.0774. The lowest BCUT2D eigenvalue weighted by Gasteiger charge is -2.36. The second kappa shape index (κ2) is 4.33. The van der Waals surface area contributed by atoms with Gasteiger partial charge in [0.05, 0.1) is 12.1 Å². The summed E-state index contributed by atoms with van der Waals surface area (Å²) in [6, 6.07) is 0.212. The Labute approximate surface area is 99.8 Å². The fraction of sp³-hybridized carbons (Fsp3) is 0.786. The number of ether oxygens (including phenoxy) is 1. The topological polar surface area (TPSA) is 21.6 Å². The van der Waals surface area contributed by atoms with Crippen LogP contribution in [0.25, 0.3) is 0 Å². The van der Waals surface area contributed by atoms with Crippen LogP contribution in [0.15, 0.2) is 16.6 Å². The fourth-order valence-corrected chi connectivity index (χ4v) is 1.91. The highest BCUT2D eigenvalue weighted by Gasteiger charge is 2.34. The highest BCUT2D eigenvalue weighted by atomic mass is 16.5. The highest BCUT2D eigenvalue weighted by molar-refractivity contribution is 5.81.